The smallest absolute Gasteiger partial charge is 0.0348 e. The zero-order valence-corrected chi connectivity index (χ0v) is 8.27. The summed E-state index contributed by atoms with van der Waals surface area (Å²) in [4.78, 5) is 0. The van der Waals surface area contributed by atoms with E-state index in [0.29, 0.717) is 0 Å². The second kappa shape index (κ2) is 7.84. The van der Waals surface area contributed by atoms with Crippen LogP contribution in [0.15, 0.2) is 12.2 Å². The summed E-state index contributed by atoms with van der Waals surface area (Å²) in [6, 6.07) is 0. The maximum Gasteiger partial charge on any atom is -0.0348 e. The van der Waals surface area contributed by atoms with Crippen LogP contribution in [-0.4, -0.2) is 0 Å². The Labute approximate surface area is 71.7 Å². The fourth-order valence-electron chi connectivity index (χ4n) is 0.987. The Kier molecular flexibility index (Phi) is 7.66. The lowest BCUT2D eigenvalue weighted by Crippen LogP contribution is -1.83. The van der Waals surface area contributed by atoms with Crippen LogP contribution in [0, 0.1) is 5.92 Å². The van der Waals surface area contributed by atoms with Crippen LogP contribution in [0.4, 0.5) is 0 Å². The Morgan fingerprint density at radius 2 is 1.73 bits per heavy atom. The summed E-state index contributed by atoms with van der Waals surface area (Å²) in [5.41, 5.74) is 0. The van der Waals surface area contributed by atoms with E-state index in [9.17, 15) is 0 Å². The molecule has 0 rings (SSSR count). The Balaban J connectivity index is 3.03. The molecule has 0 saturated heterocycles. The summed E-state index contributed by atoms with van der Waals surface area (Å²) in [6.45, 7) is 6.79. The lowest BCUT2D eigenvalue weighted by Gasteiger charge is -1.98. The molecule has 0 aliphatic rings. The Morgan fingerprint density at radius 1 is 1.09 bits per heavy atom. The second-order valence-corrected chi connectivity index (χ2v) is 3.58. The Hall–Kier alpha value is -0.260. The lowest BCUT2D eigenvalue weighted by atomic mass is 10.1. The average molecular weight is 154 g/mol. The molecular formula is C11H22. The number of hydrogen-bond donors (Lipinski definition) is 0. The van der Waals surface area contributed by atoms with E-state index < -0.39 is 0 Å². The quantitative estimate of drug-likeness (QED) is 0.398. The molecule has 11 heavy (non-hydrogen) atoms. The maximum absolute atomic E-state index is 2.33. The van der Waals surface area contributed by atoms with Crippen LogP contribution < -0.4 is 0 Å². The molecule has 0 aliphatic heterocycles. The first-order valence-corrected chi connectivity index (χ1v) is 4.92. The molecule has 0 aromatic carbocycles. The predicted molar refractivity (Wildman–Crippen MR) is 52.7 cm³/mol. The topological polar surface area (TPSA) is 0 Å². The van der Waals surface area contributed by atoms with E-state index >= 15 is 0 Å². The normalized spacial score (nSPS) is 11.6. The van der Waals surface area contributed by atoms with Gasteiger partial charge >= 0.3 is 0 Å². The van der Waals surface area contributed by atoms with Crippen LogP contribution in [0.1, 0.15) is 52.9 Å². The fourth-order valence-corrected chi connectivity index (χ4v) is 0.987. The summed E-state index contributed by atoms with van der Waals surface area (Å²) >= 11 is 0. The van der Waals surface area contributed by atoms with Crippen LogP contribution in [-0.2, 0) is 0 Å². The van der Waals surface area contributed by atoms with Gasteiger partial charge in [-0.05, 0) is 25.2 Å². The van der Waals surface area contributed by atoms with Gasteiger partial charge in [-0.2, -0.15) is 0 Å². The number of unbranched alkanes of at least 4 members (excludes halogenated alkanes) is 2. The molecule has 0 atom stereocenters. The maximum atomic E-state index is 2.33. The molecule has 0 amide bonds. The first kappa shape index (κ1) is 10.7. The predicted octanol–water partition coefficient (Wildman–Crippen LogP) is 4.17. The fraction of sp³-hybridized carbons (Fsp3) is 0.818. The van der Waals surface area contributed by atoms with Crippen molar-refractivity contribution < 1.29 is 0 Å². The van der Waals surface area contributed by atoms with E-state index in [0.717, 1.165) is 5.92 Å². The Bertz CT molecular complexity index is 90.2. The van der Waals surface area contributed by atoms with Crippen molar-refractivity contribution in [1.82, 2.24) is 0 Å². The molecule has 0 unspecified atom stereocenters. The molecule has 0 saturated carbocycles. The highest BCUT2D eigenvalue weighted by atomic mass is 13.9. The minimum Gasteiger partial charge on any atom is -0.0885 e. The first-order chi connectivity index (χ1) is 5.27. The minimum atomic E-state index is 0.853. The highest BCUT2D eigenvalue weighted by molar-refractivity contribution is 4.81. The van der Waals surface area contributed by atoms with E-state index in [4.69, 9.17) is 0 Å². The summed E-state index contributed by atoms with van der Waals surface area (Å²) in [5, 5.41) is 0. The third kappa shape index (κ3) is 9.74. The second-order valence-electron chi connectivity index (χ2n) is 3.58. The molecule has 0 aromatic heterocycles. The van der Waals surface area contributed by atoms with E-state index in [1.54, 1.807) is 0 Å². The minimum absolute atomic E-state index is 0.853. The molecule has 0 radical (unpaired) electrons. The summed E-state index contributed by atoms with van der Waals surface area (Å²) in [7, 11) is 0. The van der Waals surface area contributed by atoms with Crippen LogP contribution in [0.5, 0.6) is 0 Å². The number of allylic oxidation sites excluding steroid dienone is 2. The van der Waals surface area contributed by atoms with Crippen LogP contribution in [0.25, 0.3) is 0 Å². The zero-order chi connectivity index (χ0) is 8.53. The van der Waals surface area contributed by atoms with Crippen LogP contribution >= 0.6 is 0 Å². The summed E-state index contributed by atoms with van der Waals surface area (Å²) in [5.74, 6) is 0.853. The molecule has 0 heteroatoms. The van der Waals surface area contributed by atoms with Gasteiger partial charge in [-0.1, -0.05) is 45.8 Å². The monoisotopic (exact) mass is 154 g/mol. The van der Waals surface area contributed by atoms with Gasteiger partial charge in [0.25, 0.3) is 0 Å². The van der Waals surface area contributed by atoms with Gasteiger partial charge in [-0.25, -0.2) is 0 Å². The SMILES string of the molecule is CCCC/C=C\CCC(C)C. The lowest BCUT2D eigenvalue weighted by molar-refractivity contribution is 0.593. The van der Waals surface area contributed by atoms with E-state index in [-0.39, 0.29) is 0 Å². The Morgan fingerprint density at radius 3 is 2.27 bits per heavy atom. The van der Waals surface area contributed by atoms with Crippen molar-refractivity contribution in [2.75, 3.05) is 0 Å². The first-order valence-electron chi connectivity index (χ1n) is 4.92. The molecule has 0 fully saturated rings. The van der Waals surface area contributed by atoms with Gasteiger partial charge in [0.15, 0.2) is 0 Å². The largest absolute Gasteiger partial charge is 0.0885 e. The van der Waals surface area contributed by atoms with Gasteiger partial charge in [0.05, 0.1) is 0 Å². The summed E-state index contributed by atoms with van der Waals surface area (Å²) in [6.07, 6.45) is 11.2. The molecule has 0 heterocycles. The molecule has 0 aromatic rings. The van der Waals surface area contributed by atoms with Crippen molar-refractivity contribution in [3.8, 4) is 0 Å². The van der Waals surface area contributed by atoms with Crippen LogP contribution in [0.3, 0.4) is 0 Å². The van der Waals surface area contributed by atoms with Crippen molar-refractivity contribution in [3.63, 3.8) is 0 Å². The van der Waals surface area contributed by atoms with Crippen LogP contribution in [0.2, 0.25) is 0 Å². The van der Waals surface area contributed by atoms with Gasteiger partial charge < -0.3 is 0 Å². The highest BCUT2D eigenvalue weighted by Crippen LogP contribution is 2.04. The standard InChI is InChI=1S/C11H22/c1-4-5-6-7-8-9-10-11(2)3/h7-8,11H,4-6,9-10H2,1-3H3/b8-7-. The number of hydrogen-bond acceptors (Lipinski definition) is 0. The molecule has 0 N–H and O–H groups in total. The van der Waals surface area contributed by atoms with Gasteiger partial charge in [-0.15, -0.1) is 0 Å². The molecule has 0 aliphatic carbocycles. The average Bonchev–Trinajstić information content (AvgIpc) is 1.96. The van der Waals surface area contributed by atoms with E-state index in [1.165, 1.54) is 32.1 Å². The van der Waals surface area contributed by atoms with Gasteiger partial charge in [0.1, 0.15) is 0 Å². The molecule has 0 nitrogen and oxygen atoms in total. The number of rotatable bonds is 6. The molecule has 0 spiro atoms. The van der Waals surface area contributed by atoms with Crippen molar-refractivity contribution in [2.24, 2.45) is 5.92 Å². The highest BCUT2D eigenvalue weighted by Gasteiger charge is 1.88. The van der Waals surface area contributed by atoms with Crippen molar-refractivity contribution in [2.45, 2.75) is 52.9 Å². The van der Waals surface area contributed by atoms with Crippen molar-refractivity contribution >= 4 is 0 Å². The van der Waals surface area contributed by atoms with Crippen molar-refractivity contribution in [3.05, 3.63) is 12.2 Å². The third-order valence-corrected chi connectivity index (χ3v) is 1.80. The summed E-state index contributed by atoms with van der Waals surface area (Å²) < 4.78 is 0. The molecule has 0 bridgehead atoms. The van der Waals surface area contributed by atoms with Gasteiger partial charge in [0, 0.05) is 0 Å². The molecular weight excluding hydrogens is 132 g/mol. The third-order valence-electron chi connectivity index (χ3n) is 1.80. The van der Waals surface area contributed by atoms with Gasteiger partial charge in [-0.3, -0.25) is 0 Å². The van der Waals surface area contributed by atoms with Crippen molar-refractivity contribution in [1.29, 1.82) is 0 Å². The van der Waals surface area contributed by atoms with E-state index in [1.807, 2.05) is 0 Å². The zero-order valence-electron chi connectivity index (χ0n) is 8.27. The van der Waals surface area contributed by atoms with E-state index in [2.05, 4.69) is 32.9 Å². The van der Waals surface area contributed by atoms with Gasteiger partial charge in [0.2, 0.25) is 0 Å². The molecule has 66 valence electrons.